The summed E-state index contributed by atoms with van der Waals surface area (Å²) < 4.78 is 28.2. The Labute approximate surface area is 267 Å². The summed E-state index contributed by atoms with van der Waals surface area (Å²) in [5.74, 6) is 0.168. The van der Waals surface area contributed by atoms with Crippen LogP contribution in [0, 0.1) is 23.5 Å². The lowest BCUT2D eigenvalue weighted by Gasteiger charge is -2.27. The molecule has 0 amide bonds. The van der Waals surface area contributed by atoms with E-state index in [-0.39, 0.29) is 17.4 Å². The highest BCUT2D eigenvalue weighted by Gasteiger charge is 2.16. The molecule has 2 fully saturated rings. The molecule has 2 aromatic carbocycles. The fourth-order valence-electron chi connectivity index (χ4n) is 6.06. The molecule has 0 heterocycles. The molecule has 0 aliphatic heterocycles. The molecule has 2 aliphatic rings. The van der Waals surface area contributed by atoms with Crippen molar-refractivity contribution in [2.75, 3.05) is 33.4 Å². The second-order valence-corrected chi connectivity index (χ2v) is 12.5. The number of nitrogens with one attached hydrogen (secondary N) is 1. The molecule has 3 N–H and O–H groups in total. The predicted octanol–water partition coefficient (Wildman–Crippen LogP) is 6.48. The molecule has 0 unspecified atom stereocenters. The van der Waals surface area contributed by atoms with E-state index in [1.807, 2.05) is 7.05 Å². The van der Waals surface area contributed by atoms with Gasteiger partial charge in [0, 0.05) is 30.8 Å². The van der Waals surface area contributed by atoms with Crippen LogP contribution in [-0.4, -0.2) is 60.0 Å². The van der Waals surface area contributed by atoms with E-state index in [2.05, 4.69) is 10.2 Å². The monoisotopic (exact) mass is 624 g/mol. The Balaban J connectivity index is 0.000000246. The number of benzene rings is 2. The van der Waals surface area contributed by atoms with E-state index in [1.165, 1.54) is 101 Å². The summed E-state index contributed by atoms with van der Waals surface area (Å²) in [6.07, 6.45) is 18.7. The SMILES string of the molecule is CN(Cc1ccc(/C=C/C(=O)CO)cc1F)CC1CCCCC1.O=C(/C=C/c1ccc(CNCC2CCCCC2)c(F)c1)CO. The summed E-state index contributed by atoms with van der Waals surface area (Å²) in [6.45, 7) is 2.05. The predicted molar refractivity (Wildman–Crippen MR) is 176 cm³/mol. The van der Waals surface area contributed by atoms with Gasteiger partial charge in [-0.2, -0.15) is 0 Å². The van der Waals surface area contributed by atoms with E-state index in [0.717, 1.165) is 24.9 Å². The zero-order chi connectivity index (χ0) is 32.4. The molecule has 45 heavy (non-hydrogen) atoms. The molecule has 4 rings (SSSR count). The number of carbonyl (C=O) groups is 2. The van der Waals surface area contributed by atoms with E-state index < -0.39 is 19.0 Å². The molecule has 0 atom stereocenters. The van der Waals surface area contributed by atoms with E-state index in [1.54, 1.807) is 24.3 Å². The van der Waals surface area contributed by atoms with Crippen molar-refractivity contribution >= 4 is 23.7 Å². The third-order valence-electron chi connectivity index (χ3n) is 8.60. The maximum Gasteiger partial charge on any atom is 0.181 e. The molecular weight excluding hydrogens is 574 g/mol. The van der Waals surface area contributed by atoms with Gasteiger partial charge >= 0.3 is 0 Å². The van der Waals surface area contributed by atoms with Gasteiger partial charge in [0.2, 0.25) is 0 Å². The number of hydrogen-bond acceptors (Lipinski definition) is 6. The number of halogens is 2. The van der Waals surface area contributed by atoms with Crippen molar-refractivity contribution in [2.24, 2.45) is 11.8 Å². The molecule has 8 heteroatoms. The summed E-state index contributed by atoms with van der Waals surface area (Å²) >= 11 is 0. The molecular formula is C37H50F2N2O4. The Morgan fingerprint density at radius 1 is 0.778 bits per heavy atom. The molecule has 2 aromatic rings. The van der Waals surface area contributed by atoms with Crippen molar-refractivity contribution in [3.63, 3.8) is 0 Å². The fraction of sp³-hybridized carbons (Fsp3) is 0.514. The van der Waals surface area contributed by atoms with E-state index in [9.17, 15) is 18.4 Å². The number of carbonyl (C=O) groups excluding carboxylic acids is 2. The largest absolute Gasteiger partial charge is 0.388 e. The molecule has 0 bridgehead atoms. The topological polar surface area (TPSA) is 89.9 Å². The number of hydrogen-bond donors (Lipinski definition) is 3. The Kier molecular flexibility index (Phi) is 16.3. The minimum absolute atomic E-state index is 0.251. The van der Waals surface area contributed by atoms with Crippen LogP contribution in [-0.2, 0) is 22.7 Å². The van der Waals surface area contributed by atoms with Crippen LogP contribution in [0.1, 0.15) is 86.5 Å². The number of aliphatic hydroxyl groups excluding tert-OH is 2. The third-order valence-corrected chi connectivity index (χ3v) is 8.60. The van der Waals surface area contributed by atoms with Gasteiger partial charge in [0.1, 0.15) is 24.8 Å². The van der Waals surface area contributed by atoms with Gasteiger partial charge in [0.25, 0.3) is 0 Å². The van der Waals surface area contributed by atoms with Crippen molar-refractivity contribution in [1.29, 1.82) is 0 Å². The van der Waals surface area contributed by atoms with Gasteiger partial charge in [0.05, 0.1) is 0 Å². The normalized spacial score (nSPS) is 16.3. The molecule has 0 saturated heterocycles. The lowest BCUT2D eigenvalue weighted by molar-refractivity contribution is -0.117. The minimum atomic E-state index is -0.526. The minimum Gasteiger partial charge on any atom is -0.388 e. The highest BCUT2D eigenvalue weighted by atomic mass is 19.1. The molecule has 2 saturated carbocycles. The fourth-order valence-corrected chi connectivity index (χ4v) is 6.06. The quantitative estimate of drug-likeness (QED) is 0.209. The van der Waals surface area contributed by atoms with E-state index >= 15 is 0 Å². The average Bonchev–Trinajstić information content (AvgIpc) is 3.05. The number of ketones is 2. The Bertz CT molecular complexity index is 1270. The van der Waals surface area contributed by atoms with Gasteiger partial charge in [-0.3, -0.25) is 9.59 Å². The molecule has 246 valence electrons. The van der Waals surface area contributed by atoms with Gasteiger partial charge in [-0.1, -0.05) is 74.9 Å². The maximum atomic E-state index is 14.2. The second kappa shape index (κ2) is 20.2. The van der Waals surface area contributed by atoms with Crippen molar-refractivity contribution < 1.29 is 28.6 Å². The first-order chi connectivity index (χ1) is 21.8. The lowest BCUT2D eigenvalue weighted by Crippen LogP contribution is -2.27. The van der Waals surface area contributed by atoms with Crippen molar-refractivity contribution in [2.45, 2.75) is 77.3 Å². The summed E-state index contributed by atoms with van der Waals surface area (Å²) in [4.78, 5) is 24.2. The molecule has 0 spiro atoms. The van der Waals surface area contributed by atoms with Crippen LogP contribution in [0.15, 0.2) is 48.6 Å². The second-order valence-electron chi connectivity index (χ2n) is 12.5. The molecule has 2 aliphatic carbocycles. The molecule has 0 radical (unpaired) electrons. The van der Waals surface area contributed by atoms with Crippen molar-refractivity contribution in [1.82, 2.24) is 10.2 Å². The van der Waals surface area contributed by atoms with Crippen LogP contribution >= 0.6 is 0 Å². The summed E-state index contributed by atoms with van der Waals surface area (Å²) in [6, 6.07) is 9.95. The number of nitrogens with zero attached hydrogens (tertiary/aromatic N) is 1. The zero-order valence-corrected chi connectivity index (χ0v) is 26.7. The Morgan fingerprint density at radius 2 is 1.27 bits per heavy atom. The van der Waals surface area contributed by atoms with Crippen LogP contribution in [0.4, 0.5) is 8.78 Å². The maximum absolute atomic E-state index is 14.2. The molecule has 0 aromatic heterocycles. The Hall–Kier alpha value is -3.04. The summed E-state index contributed by atoms with van der Waals surface area (Å²) in [5.41, 5.74) is 2.56. The van der Waals surface area contributed by atoms with Gasteiger partial charge in [0.15, 0.2) is 11.6 Å². The van der Waals surface area contributed by atoms with Crippen LogP contribution in [0.25, 0.3) is 12.2 Å². The van der Waals surface area contributed by atoms with Gasteiger partial charge in [-0.15, -0.1) is 0 Å². The highest BCUT2D eigenvalue weighted by molar-refractivity contribution is 5.94. The van der Waals surface area contributed by atoms with Crippen molar-refractivity contribution in [3.05, 3.63) is 82.4 Å². The highest BCUT2D eigenvalue weighted by Crippen LogP contribution is 2.25. The molecule has 6 nitrogen and oxygen atoms in total. The first-order valence-corrected chi connectivity index (χ1v) is 16.4. The van der Waals surface area contributed by atoms with E-state index in [4.69, 9.17) is 10.2 Å². The smallest absolute Gasteiger partial charge is 0.181 e. The average molecular weight is 625 g/mol. The van der Waals surface area contributed by atoms with Gasteiger partial charge < -0.3 is 20.4 Å². The van der Waals surface area contributed by atoms with Crippen LogP contribution in [0.5, 0.6) is 0 Å². The first kappa shape index (κ1) is 36.4. The third kappa shape index (κ3) is 13.9. The van der Waals surface area contributed by atoms with E-state index in [0.29, 0.717) is 35.3 Å². The van der Waals surface area contributed by atoms with Crippen LogP contribution < -0.4 is 5.32 Å². The summed E-state index contributed by atoms with van der Waals surface area (Å²) in [7, 11) is 2.04. The van der Waals surface area contributed by atoms with Crippen molar-refractivity contribution in [3.8, 4) is 0 Å². The van der Waals surface area contributed by atoms with Crippen LogP contribution in [0.2, 0.25) is 0 Å². The lowest BCUT2D eigenvalue weighted by atomic mass is 9.89. The van der Waals surface area contributed by atoms with Gasteiger partial charge in [-0.05, 0) is 86.5 Å². The standard InChI is InChI=1S/C19H26FNO2.C18H24FNO2/c1-21(12-16-5-3-2-4-6-16)13-17-9-7-15(11-19(17)20)8-10-18(23)14-22;19-18-10-14(7-9-17(22)13-21)6-8-16(18)12-20-11-15-4-2-1-3-5-15/h7-11,16,22H,2-6,12-14H2,1H3;6-10,15,20-21H,1-5,11-13H2/b10-8+;9-7+. The van der Waals surface area contributed by atoms with Gasteiger partial charge in [-0.25, -0.2) is 8.78 Å². The zero-order valence-electron chi connectivity index (χ0n) is 26.7. The van der Waals surface area contributed by atoms with Crippen LogP contribution in [0.3, 0.4) is 0 Å². The first-order valence-electron chi connectivity index (χ1n) is 16.4. The Morgan fingerprint density at radius 3 is 1.76 bits per heavy atom. The number of rotatable bonds is 14. The number of aliphatic hydroxyl groups is 2. The summed E-state index contributed by atoms with van der Waals surface area (Å²) in [5, 5.41) is 20.6.